The number of hydrogen-bond acceptors (Lipinski definition) is 15. The minimum absolute atomic E-state index is 0.107. The van der Waals surface area contributed by atoms with Crippen molar-refractivity contribution in [2.45, 2.75) is 87.8 Å². The van der Waals surface area contributed by atoms with Gasteiger partial charge in [-0.25, -0.2) is 19.2 Å². The molecule has 0 amide bonds. The van der Waals surface area contributed by atoms with Crippen molar-refractivity contribution >= 4 is 23.9 Å². The Labute approximate surface area is 481 Å². The van der Waals surface area contributed by atoms with E-state index in [2.05, 4.69) is 0 Å². The van der Waals surface area contributed by atoms with Crippen molar-refractivity contribution in [1.82, 2.24) is 0 Å². The molecule has 8 aromatic rings. The van der Waals surface area contributed by atoms with E-state index < -0.39 is 91.9 Å². The molecule has 8 aromatic carbocycles. The van der Waals surface area contributed by atoms with Crippen molar-refractivity contribution in [2.75, 3.05) is 13.2 Å². The molecule has 15 heteroatoms. The van der Waals surface area contributed by atoms with E-state index in [1.54, 1.807) is 121 Å². The Kier molecular flexibility index (Phi) is 20.4. The molecule has 0 spiro atoms. The first kappa shape index (κ1) is 57.6. The lowest BCUT2D eigenvalue weighted by molar-refractivity contribution is -0.345. The highest BCUT2D eigenvalue weighted by atomic mass is 16.8. The maximum atomic E-state index is 14.5. The van der Waals surface area contributed by atoms with Crippen LogP contribution in [0.1, 0.15) is 63.7 Å². The van der Waals surface area contributed by atoms with Crippen molar-refractivity contribution in [3.63, 3.8) is 0 Å². The van der Waals surface area contributed by atoms with Gasteiger partial charge in [0.1, 0.15) is 37.1 Å². The molecule has 0 radical (unpaired) electrons. The molecule has 15 nitrogen and oxygen atoms in total. The van der Waals surface area contributed by atoms with Gasteiger partial charge >= 0.3 is 23.9 Å². The standard InChI is InChI=1S/C68H62O15/c69-63(51-33-17-5-18-34-51)76-45-56-58(81-64(70)52-35-19-6-20-36-52)60(82-65(71)53-37-21-7-22-38-53)62(83-66(72)54-39-23-8-24-40-54)68(80-56)78-46-55-57(73-41-47-25-9-1-10-26-47)59(74-42-48-27-11-2-12-28-48)61(75-43-49-29-13-3-14-30-49)67(79-55)77-44-50-31-15-4-16-32-50/h1-40,55-62,67-68H,41-46H2/t55-,56-,57-,58-,59+,60+,61-,62+,67-,68+/m1/s1. The number of esters is 4. The minimum atomic E-state index is -1.69. The molecule has 0 aliphatic carbocycles. The number of rotatable bonds is 24. The van der Waals surface area contributed by atoms with Gasteiger partial charge in [-0.05, 0) is 70.8 Å². The van der Waals surface area contributed by atoms with E-state index in [0.717, 1.165) is 22.3 Å². The molecule has 2 heterocycles. The van der Waals surface area contributed by atoms with Gasteiger partial charge in [-0.3, -0.25) is 0 Å². The van der Waals surface area contributed by atoms with Crippen molar-refractivity contribution in [1.29, 1.82) is 0 Å². The summed E-state index contributed by atoms with van der Waals surface area (Å²) in [6, 6.07) is 71.4. The van der Waals surface area contributed by atoms with E-state index in [1.165, 1.54) is 0 Å². The highest BCUT2D eigenvalue weighted by Crippen LogP contribution is 2.36. The minimum Gasteiger partial charge on any atom is -0.459 e. The Morgan fingerprint density at radius 2 is 0.578 bits per heavy atom. The van der Waals surface area contributed by atoms with Crippen LogP contribution in [0.2, 0.25) is 0 Å². The van der Waals surface area contributed by atoms with E-state index in [4.69, 9.17) is 52.1 Å². The number of carbonyl (C=O) groups is 4. The van der Waals surface area contributed by atoms with Gasteiger partial charge in [0.2, 0.25) is 0 Å². The Bertz CT molecular complexity index is 3250. The predicted octanol–water partition coefficient (Wildman–Crippen LogP) is 11.0. The van der Waals surface area contributed by atoms with E-state index in [0.29, 0.717) is 0 Å². The normalized spacial score (nSPS) is 22.1. The van der Waals surface area contributed by atoms with Crippen LogP contribution < -0.4 is 0 Å². The molecular formula is C68H62O15. The van der Waals surface area contributed by atoms with Gasteiger partial charge in [0, 0.05) is 0 Å². The molecule has 0 aromatic heterocycles. The third-order valence-electron chi connectivity index (χ3n) is 13.9. The van der Waals surface area contributed by atoms with E-state index in [1.807, 2.05) is 121 Å². The molecule has 0 bridgehead atoms. The molecule has 83 heavy (non-hydrogen) atoms. The van der Waals surface area contributed by atoms with Crippen LogP contribution in [0, 0.1) is 0 Å². The molecule has 10 atom stereocenters. The fourth-order valence-electron chi connectivity index (χ4n) is 9.62. The average Bonchev–Trinajstić information content (AvgIpc) is 3.70. The van der Waals surface area contributed by atoms with E-state index in [-0.39, 0.29) is 55.3 Å². The first-order chi connectivity index (χ1) is 40.8. The van der Waals surface area contributed by atoms with Gasteiger partial charge in [0.25, 0.3) is 0 Å². The lowest BCUT2D eigenvalue weighted by Gasteiger charge is -2.47. The largest absolute Gasteiger partial charge is 0.459 e. The molecule has 2 aliphatic heterocycles. The second kappa shape index (κ2) is 29.4. The highest BCUT2D eigenvalue weighted by Gasteiger charge is 2.55. The van der Waals surface area contributed by atoms with Gasteiger partial charge in [-0.2, -0.15) is 0 Å². The van der Waals surface area contributed by atoms with E-state index >= 15 is 0 Å². The Balaban J connectivity index is 1.05. The van der Waals surface area contributed by atoms with Crippen LogP contribution in [-0.2, 0) is 78.5 Å². The Morgan fingerprint density at radius 1 is 0.277 bits per heavy atom. The summed E-state index contributed by atoms with van der Waals surface area (Å²) in [4.78, 5) is 56.9. The molecular weight excluding hydrogens is 1060 g/mol. The average molecular weight is 1120 g/mol. The molecule has 10 rings (SSSR count). The number of hydrogen-bond donors (Lipinski definition) is 0. The first-order valence-electron chi connectivity index (χ1n) is 27.4. The topological polar surface area (TPSA) is 170 Å². The summed E-state index contributed by atoms with van der Waals surface area (Å²) in [5.74, 6) is -3.28. The van der Waals surface area contributed by atoms with Crippen LogP contribution >= 0.6 is 0 Å². The zero-order chi connectivity index (χ0) is 57.0. The molecule has 0 unspecified atom stereocenters. The summed E-state index contributed by atoms with van der Waals surface area (Å²) in [6.45, 7) is -0.406. The van der Waals surface area contributed by atoms with Crippen LogP contribution in [0.5, 0.6) is 0 Å². The fraction of sp³-hybridized carbons (Fsp3) is 0.235. The Morgan fingerprint density at radius 3 is 0.988 bits per heavy atom. The van der Waals surface area contributed by atoms with Crippen LogP contribution in [0.25, 0.3) is 0 Å². The lowest BCUT2D eigenvalue weighted by Crippen LogP contribution is -2.64. The number of ether oxygens (including phenoxy) is 11. The summed E-state index contributed by atoms with van der Waals surface area (Å²) in [6.07, 6.45) is -13.0. The number of benzene rings is 8. The summed E-state index contributed by atoms with van der Waals surface area (Å²) >= 11 is 0. The second-order valence-electron chi connectivity index (χ2n) is 19.7. The van der Waals surface area contributed by atoms with E-state index in [9.17, 15) is 19.2 Å². The first-order valence-corrected chi connectivity index (χ1v) is 27.4. The maximum Gasteiger partial charge on any atom is 0.338 e. The lowest BCUT2D eigenvalue weighted by atomic mass is 9.96. The summed E-state index contributed by atoms with van der Waals surface area (Å²) in [5, 5.41) is 0. The van der Waals surface area contributed by atoms with Gasteiger partial charge in [-0.15, -0.1) is 0 Å². The molecule has 2 saturated heterocycles. The molecule has 2 fully saturated rings. The third kappa shape index (κ3) is 15.9. The zero-order valence-corrected chi connectivity index (χ0v) is 45.2. The van der Waals surface area contributed by atoms with Crippen molar-refractivity contribution in [2.24, 2.45) is 0 Å². The van der Waals surface area contributed by atoms with Crippen LogP contribution in [0.4, 0.5) is 0 Å². The SMILES string of the molecule is O=C(OC[C@H]1O[C@H](OC[C@H]2O[C@@H](OCc3ccccc3)[C@H](OCc3ccccc3)[C@@H](OCc3ccccc3)[C@@H]2OCc2ccccc2)[C@@H](OC(=O)c2ccccc2)[C@@H](OC(=O)c2ccccc2)[C@@H]1OC(=O)c1ccccc1)c1ccccc1. The van der Waals surface area contributed by atoms with Crippen molar-refractivity contribution in [3.8, 4) is 0 Å². The Hall–Kier alpha value is -8.64. The second-order valence-corrected chi connectivity index (χ2v) is 19.7. The van der Waals surface area contributed by atoms with Gasteiger partial charge in [0.05, 0.1) is 55.3 Å². The summed E-state index contributed by atoms with van der Waals surface area (Å²) in [7, 11) is 0. The quantitative estimate of drug-likeness (QED) is 0.0413. The van der Waals surface area contributed by atoms with Crippen molar-refractivity contribution < 1.29 is 71.3 Å². The third-order valence-corrected chi connectivity index (χ3v) is 13.9. The maximum absolute atomic E-state index is 14.5. The fourth-order valence-corrected chi connectivity index (χ4v) is 9.62. The molecule has 0 N–H and O–H groups in total. The molecule has 0 saturated carbocycles. The van der Waals surface area contributed by atoms with Gasteiger partial charge in [0.15, 0.2) is 30.9 Å². The summed E-state index contributed by atoms with van der Waals surface area (Å²) < 4.78 is 73.1. The molecule has 2 aliphatic rings. The smallest absolute Gasteiger partial charge is 0.338 e. The van der Waals surface area contributed by atoms with Crippen LogP contribution in [0.15, 0.2) is 243 Å². The monoisotopic (exact) mass is 1120 g/mol. The summed E-state index contributed by atoms with van der Waals surface area (Å²) in [5.41, 5.74) is 4.14. The van der Waals surface area contributed by atoms with Crippen LogP contribution in [-0.4, -0.2) is 98.5 Å². The highest BCUT2D eigenvalue weighted by molar-refractivity contribution is 5.91. The predicted molar refractivity (Wildman–Crippen MR) is 303 cm³/mol. The van der Waals surface area contributed by atoms with Gasteiger partial charge in [-0.1, -0.05) is 194 Å². The van der Waals surface area contributed by atoms with Crippen LogP contribution in [0.3, 0.4) is 0 Å². The van der Waals surface area contributed by atoms with Crippen molar-refractivity contribution in [3.05, 3.63) is 287 Å². The van der Waals surface area contributed by atoms with Gasteiger partial charge < -0.3 is 52.1 Å². The zero-order valence-electron chi connectivity index (χ0n) is 45.2. The molecule has 424 valence electrons. The number of carbonyl (C=O) groups excluding carboxylic acids is 4.